The highest BCUT2D eigenvalue weighted by molar-refractivity contribution is 5.92. The van der Waals surface area contributed by atoms with Crippen molar-refractivity contribution >= 4 is 5.91 Å². The second-order valence-corrected chi connectivity index (χ2v) is 5.91. The summed E-state index contributed by atoms with van der Waals surface area (Å²) < 4.78 is 40.3. The Kier molecular flexibility index (Phi) is 4.29. The molecule has 2 aromatic rings. The fraction of sp³-hybridized carbons (Fsp3) is 0.438. The van der Waals surface area contributed by atoms with Crippen LogP contribution in [-0.2, 0) is 6.18 Å². The van der Waals surface area contributed by atoms with Crippen LogP contribution in [0.1, 0.15) is 42.2 Å². The number of likely N-dealkylation sites (tertiary alicyclic amines) is 1. The van der Waals surface area contributed by atoms with Crippen molar-refractivity contribution in [2.24, 2.45) is 0 Å². The number of aromatic nitrogens is 3. The molecule has 0 N–H and O–H groups in total. The van der Waals surface area contributed by atoms with Crippen molar-refractivity contribution in [2.45, 2.75) is 38.4 Å². The summed E-state index contributed by atoms with van der Waals surface area (Å²) in [6, 6.07) is 5.17. The standard InChI is InChI=1S/C16H17F3N4O/c1-11-6-4-5-9-22(11)15(24)13-10-23(21-20-13)14-8-3-2-7-12(14)16(17,18)19/h2-3,7-8,10-11H,4-6,9H2,1H3/t11-/m1/s1. The van der Waals surface area contributed by atoms with Crippen LogP contribution in [0.15, 0.2) is 30.5 Å². The molecule has 1 amide bonds. The molecule has 24 heavy (non-hydrogen) atoms. The molecule has 1 fully saturated rings. The van der Waals surface area contributed by atoms with Gasteiger partial charge in [0.05, 0.1) is 17.4 Å². The minimum absolute atomic E-state index is 0.0562. The number of nitrogens with zero attached hydrogens (tertiary/aromatic N) is 4. The molecule has 1 aliphatic rings. The molecule has 128 valence electrons. The van der Waals surface area contributed by atoms with Crippen molar-refractivity contribution in [3.63, 3.8) is 0 Å². The maximum absolute atomic E-state index is 13.1. The third-order valence-electron chi connectivity index (χ3n) is 4.23. The molecule has 1 saturated heterocycles. The highest BCUT2D eigenvalue weighted by Crippen LogP contribution is 2.33. The monoisotopic (exact) mass is 338 g/mol. The third kappa shape index (κ3) is 3.13. The molecule has 0 bridgehead atoms. The summed E-state index contributed by atoms with van der Waals surface area (Å²) in [7, 11) is 0. The minimum atomic E-state index is -4.51. The highest BCUT2D eigenvalue weighted by atomic mass is 19.4. The van der Waals surface area contributed by atoms with Crippen LogP contribution in [0.3, 0.4) is 0 Å². The topological polar surface area (TPSA) is 51.0 Å². The number of amides is 1. The Labute approximate surface area is 137 Å². The number of para-hydroxylation sites is 1. The Morgan fingerprint density at radius 1 is 1.25 bits per heavy atom. The number of rotatable bonds is 2. The van der Waals surface area contributed by atoms with Crippen molar-refractivity contribution in [2.75, 3.05) is 6.54 Å². The average Bonchev–Trinajstić information content (AvgIpc) is 3.04. The summed E-state index contributed by atoms with van der Waals surface area (Å²) in [5, 5.41) is 7.50. The second kappa shape index (κ2) is 6.26. The lowest BCUT2D eigenvalue weighted by molar-refractivity contribution is -0.137. The van der Waals surface area contributed by atoms with Crippen LogP contribution in [0.2, 0.25) is 0 Å². The zero-order valence-corrected chi connectivity index (χ0v) is 13.1. The molecule has 5 nitrogen and oxygen atoms in total. The summed E-state index contributed by atoms with van der Waals surface area (Å²) in [6.45, 7) is 2.59. The first-order valence-corrected chi connectivity index (χ1v) is 7.78. The quantitative estimate of drug-likeness (QED) is 0.844. The highest BCUT2D eigenvalue weighted by Gasteiger charge is 2.34. The lowest BCUT2D eigenvalue weighted by Gasteiger charge is -2.32. The van der Waals surface area contributed by atoms with Gasteiger partial charge in [0.1, 0.15) is 0 Å². The number of hydrogen-bond donors (Lipinski definition) is 0. The van der Waals surface area contributed by atoms with E-state index in [4.69, 9.17) is 0 Å². The molecule has 1 aromatic heterocycles. The number of piperidine rings is 1. The molecule has 0 saturated carbocycles. The molecule has 1 atom stereocenters. The predicted octanol–water partition coefficient (Wildman–Crippen LogP) is 3.30. The molecule has 1 aromatic carbocycles. The van der Waals surface area contributed by atoms with E-state index < -0.39 is 11.7 Å². The maximum atomic E-state index is 13.1. The Balaban J connectivity index is 1.90. The molecule has 0 spiro atoms. The van der Waals surface area contributed by atoms with Crippen molar-refractivity contribution < 1.29 is 18.0 Å². The predicted molar refractivity (Wildman–Crippen MR) is 80.7 cm³/mol. The van der Waals surface area contributed by atoms with Gasteiger partial charge in [-0.15, -0.1) is 5.10 Å². The fourth-order valence-corrected chi connectivity index (χ4v) is 2.94. The van der Waals surface area contributed by atoms with Crippen molar-refractivity contribution in [1.29, 1.82) is 0 Å². The summed E-state index contributed by atoms with van der Waals surface area (Å²) in [6.07, 6.45) is -0.350. The van der Waals surface area contributed by atoms with Crippen LogP contribution in [0.4, 0.5) is 13.2 Å². The third-order valence-corrected chi connectivity index (χ3v) is 4.23. The molecule has 2 heterocycles. The zero-order chi connectivity index (χ0) is 17.3. The maximum Gasteiger partial charge on any atom is 0.418 e. The van der Waals surface area contributed by atoms with Crippen molar-refractivity contribution in [3.8, 4) is 5.69 Å². The van der Waals surface area contributed by atoms with Gasteiger partial charge in [0.15, 0.2) is 5.69 Å². The second-order valence-electron chi connectivity index (χ2n) is 5.91. The number of halogens is 3. The normalized spacial score (nSPS) is 18.7. The van der Waals surface area contributed by atoms with Crippen LogP contribution in [-0.4, -0.2) is 38.4 Å². The zero-order valence-electron chi connectivity index (χ0n) is 13.1. The van der Waals surface area contributed by atoms with E-state index >= 15 is 0 Å². The van der Waals surface area contributed by atoms with Gasteiger partial charge in [-0.05, 0) is 38.3 Å². The number of alkyl halides is 3. The van der Waals surface area contributed by atoms with E-state index in [9.17, 15) is 18.0 Å². The van der Waals surface area contributed by atoms with Gasteiger partial charge in [-0.1, -0.05) is 17.3 Å². The SMILES string of the molecule is C[C@@H]1CCCCN1C(=O)c1cn(-c2ccccc2C(F)(F)F)nn1. The smallest absolute Gasteiger partial charge is 0.334 e. The van der Waals surface area contributed by atoms with Gasteiger partial charge in [-0.3, -0.25) is 4.79 Å². The lowest BCUT2D eigenvalue weighted by Crippen LogP contribution is -2.42. The average molecular weight is 338 g/mol. The number of benzene rings is 1. The molecule has 0 unspecified atom stereocenters. The van der Waals surface area contributed by atoms with Crippen LogP contribution in [0.5, 0.6) is 0 Å². The molecule has 1 aliphatic heterocycles. The summed E-state index contributed by atoms with van der Waals surface area (Å²) in [5.41, 5.74) is -0.913. The molecule has 0 radical (unpaired) electrons. The molecule has 8 heteroatoms. The van der Waals surface area contributed by atoms with Gasteiger partial charge in [-0.2, -0.15) is 13.2 Å². The number of hydrogen-bond acceptors (Lipinski definition) is 3. The lowest BCUT2D eigenvalue weighted by atomic mass is 10.0. The Bertz CT molecular complexity index is 741. The minimum Gasteiger partial charge on any atom is -0.334 e. The first-order valence-electron chi connectivity index (χ1n) is 7.78. The number of carbonyl (C=O) groups excluding carboxylic acids is 1. The molecule has 3 rings (SSSR count). The van der Waals surface area contributed by atoms with E-state index in [1.165, 1.54) is 24.4 Å². The summed E-state index contributed by atoms with van der Waals surface area (Å²) in [4.78, 5) is 14.2. The number of carbonyl (C=O) groups is 1. The van der Waals surface area contributed by atoms with Crippen molar-refractivity contribution in [3.05, 3.63) is 41.7 Å². The Morgan fingerprint density at radius 2 is 2.00 bits per heavy atom. The first-order chi connectivity index (χ1) is 11.4. The van der Waals surface area contributed by atoms with Crippen molar-refractivity contribution in [1.82, 2.24) is 19.9 Å². The van der Waals surface area contributed by atoms with Crippen LogP contribution in [0.25, 0.3) is 5.69 Å². The van der Waals surface area contributed by atoms with Gasteiger partial charge in [0.2, 0.25) is 0 Å². The van der Waals surface area contributed by atoms with E-state index in [0.29, 0.717) is 6.54 Å². The van der Waals surface area contributed by atoms with Crippen LogP contribution < -0.4 is 0 Å². The fourth-order valence-electron chi connectivity index (χ4n) is 2.94. The van der Waals surface area contributed by atoms with Crippen LogP contribution in [0, 0.1) is 0 Å². The van der Waals surface area contributed by atoms with E-state index in [0.717, 1.165) is 30.0 Å². The largest absolute Gasteiger partial charge is 0.418 e. The van der Waals surface area contributed by atoms with Gasteiger partial charge < -0.3 is 4.90 Å². The molecular formula is C16H17F3N4O. The van der Waals surface area contributed by atoms with E-state index in [1.807, 2.05) is 6.92 Å². The Hall–Kier alpha value is -2.38. The molecule has 0 aliphatic carbocycles. The van der Waals surface area contributed by atoms with E-state index in [2.05, 4.69) is 10.3 Å². The van der Waals surface area contributed by atoms with Crippen LogP contribution >= 0.6 is 0 Å². The van der Waals surface area contributed by atoms with Gasteiger partial charge in [-0.25, -0.2) is 4.68 Å². The van der Waals surface area contributed by atoms with E-state index in [-0.39, 0.29) is 23.3 Å². The first kappa shape index (κ1) is 16.5. The van der Waals surface area contributed by atoms with Gasteiger partial charge in [0, 0.05) is 12.6 Å². The Morgan fingerprint density at radius 3 is 2.71 bits per heavy atom. The summed E-state index contributed by atoms with van der Waals surface area (Å²) in [5.74, 6) is -0.294. The summed E-state index contributed by atoms with van der Waals surface area (Å²) >= 11 is 0. The van der Waals surface area contributed by atoms with E-state index in [1.54, 1.807) is 4.90 Å². The van der Waals surface area contributed by atoms with Gasteiger partial charge >= 0.3 is 6.18 Å². The molecular weight excluding hydrogens is 321 g/mol. The van der Waals surface area contributed by atoms with Gasteiger partial charge in [0.25, 0.3) is 5.91 Å².